The number of benzene rings is 3. The molecular formula is C24H15N3. The molecule has 3 aromatic heterocycles. The Kier molecular flexibility index (Phi) is 2.55. The molecule has 0 unspecified atom stereocenters. The van der Waals surface area contributed by atoms with Gasteiger partial charge in [-0.2, -0.15) is 5.26 Å². The van der Waals surface area contributed by atoms with E-state index in [0.29, 0.717) is 5.56 Å². The second kappa shape index (κ2) is 4.75. The Hall–Kier alpha value is -3.64. The molecule has 0 amide bonds. The monoisotopic (exact) mass is 345 g/mol. The Labute approximate surface area is 155 Å². The van der Waals surface area contributed by atoms with Crippen LogP contribution in [-0.2, 0) is 0 Å². The summed E-state index contributed by atoms with van der Waals surface area (Å²) in [5.74, 6) is 0. The quantitative estimate of drug-likeness (QED) is 0.255. The summed E-state index contributed by atoms with van der Waals surface area (Å²) in [5, 5.41) is 15.4. The van der Waals surface area contributed by atoms with Crippen LogP contribution < -0.4 is 0 Å². The van der Waals surface area contributed by atoms with E-state index in [4.69, 9.17) is 4.98 Å². The molecule has 3 nitrogen and oxygen atoms in total. The van der Waals surface area contributed by atoms with Crippen LogP contribution in [0.5, 0.6) is 0 Å². The fraction of sp³-hybridized carbons (Fsp3) is 0.0833. The minimum atomic E-state index is 0.717. The summed E-state index contributed by atoms with van der Waals surface area (Å²) in [7, 11) is 0. The lowest BCUT2D eigenvalue weighted by Crippen LogP contribution is -1.96. The minimum Gasteiger partial charge on any atom is -0.308 e. The van der Waals surface area contributed by atoms with Gasteiger partial charge in [0.2, 0.25) is 0 Å². The highest BCUT2D eigenvalue weighted by atomic mass is 14.9. The van der Waals surface area contributed by atoms with Gasteiger partial charge in [-0.25, -0.2) is 0 Å². The van der Waals surface area contributed by atoms with Crippen molar-refractivity contribution in [1.29, 1.82) is 5.26 Å². The van der Waals surface area contributed by atoms with Gasteiger partial charge < -0.3 is 4.40 Å². The molecule has 0 spiro atoms. The van der Waals surface area contributed by atoms with Crippen molar-refractivity contribution in [1.82, 2.24) is 9.38 Å². The molecule has 3 heterocycles. The predicted octanol–water partition coefficient (Wildman–Crippen LogP) is 5.87. The average Bonchev–Trinajstić information content (AvgIpc) is 3.02. The van der Waals surface area contributed by atoms with Crippen LogP contribution in [0.1, 0.15) is 16.7 Å². The van der Waals surface area contributed by atoms with Gasteiger partial charge in [-0.05, 0) is 49.1 Å². The lowest BCUT2D eigenvalue weighted by Gasteiger charge is -2.14. The van der Waals surface area contributed by atoms with E-state index in [1.54, 1.807) is 0 Å². The topological polar surface area (TPSA) is 41.1 Å². The molecule has 27 heavy (non-hydrogen) atoms. The van der Waals surface area contributed by atoms with Crippen LogP contribution in [-0.4, -0.2) is 9.38 Å². The van der Waals surface area contributed by atoms with Crippen molar-refractivity contribution in [2.24, 2.45) is 0 Å². The molecule has 0 aliphatic heterocycles. The zero-order chi connectivity index (χ0) is 18.3. The highest BCUT2D eigenvalue weighted by Gasteiger charge is 2.21. The van der Waals surface area contributed by atoms with Crippen molar-refractivity contribution >= 4 is 49.0 Å². The first kappa shape index (κ1) is 14.5. The summed E-state index contributed by atoms with van der Waals surface area (Å²) in [5.41, 5.74) is 7.62. The van der Waals surface area contributed by atoms with Crippen LogP contribution in [0, 0.1) is 25.2 Å². The normalized spacial score (nSPS) is 12.0. The van der Waals surface area contributed by atoms with Crippen molar-refractivity contribution in [2.45, 2.75) is 13.8 Å². The molecule has 0 N–H and O–H groups in total. The largest absolute Gasteiger partial charge is 0.308 e. The maximum Gasteiger partial charge on any atom is 0.0998 e. The maximum atomic E-state index is 9.72. The first-order chi connectivity index (χ1) is 13.2. The summed E-state index contributed by atoms with van der Waals surface area (Å²) in [4.78, 5) is 4.78. The van der Waals surface area contributed by atoms with Crippen LogP contribution in [0.3, 0.4) is 0 Å². The highest BCUT2D eigenvalue weighted by molar-refractivity contribution is 6.28. The number of nitrogens with zero attached hydrogens (tertiary/aromatic N) is 3. The van der Waals surface area contributed by atoms with Crippen molar-refractivity contribution in [2.75, 3.05) is 0 Å². The summed E-state index contributed by atoms with van der Waals surface area (Å²) >= 11 is 0. The van der Waals surface area contributed by atoms with E-state index in [1.807, 2.05) is 18.3 Å². The van der Waals surface area contributed by atoms with Crippen molar-refractivity contribution in [3.8, 4) is 6.07 Å². The van der Waals surface area contributed by atoms with E-state index >= 15 is 0 Å². The van der Waals surface area contributed by atoms with Crippen LogP contribution in [0.15, 0.2) is 54.7 Å². The van der Waals surface area contributed by atoms with Crippen molar-refractivity contribution in [3.05, 3.63) is 71.4 Å². The second-order valence-corrected chi connectivity index (χ2v) is 7.34. The maximum absolute atomic E-state index is 9.72. The Morgan fingerprint density at radius 3 is 2.67 bits per heavy atom. The van der Waals surface area contributed by atoms with Gasteiger partial charge in [-0.1, -0.05) is 29.8 Å². The molecule has 126 valence electrons. The van der Waals surface area contributed by atoms with Crippen LogP contribution in [0.4, 0.5) is 0 Å². The van der Waals surface area contributed by atoms with Gasteiger partial charge in [-0.3, -0.25) is 4.98 Å². The first-order valence-electron chi connectivity index (χ1n) is 9.06. The number of aromatic nitrogens is 2. The Morgan fingerprint density at radius 1 is 0.926 bits per heavy atom. The molecule has 3 aromatic carbocycles. The van der Waals surface area contributed by atoms with E-state index in [-0.39, 0.29) is 0 Å². The van der Waals surface area contributed by atoms with Gasteiger partial charge in [0.1, 0.15) is 0 Å². The fourth-order valence-electron chi connectivity index (χ4n) is 4.78. The lowest BCUT2D eigenvalue weighted by molar-refractivity contribution is 1.29. The molecule has 0 radical (unpaired) electrons. The van der Waals surface area contributed by atoms with E-state index in [1.165, 1.54) is 27.4 Å². The average molecular weight is 345 g/mol. The number of aryl methyl sites for hydroxylation is 2. The standard InChI is InChI=1S/C24H15N3/c1-13-10-14(2)23-18(11-13)22-21-15(8-9-26-22)6-7-17-20-16(12-25)4-3-5-19(20)27(23)24(17)21/h3-11H,1-2H3. The molecule has 0 saturated carbocycles. The van der Waals surface area contributed by atoms with Gasteiger partial charge in [0, 0.05) is 27.7 Å². The highest BCUT2D eigenvalue weighted by Crippen LogP contribution is 2.42. The van der Waals surface area contributed by atoms with Crippen LogP contribution >= 0.6 is 0 Å². The van der Waals surface area contributed by atoms with E-state index in [0.717, 1.165) is 32.7 Å². The molecule has 6 aromatic rings. The van der Waals surface area contributed by atoms with Gasteiger partial charge in [0.05, 0.1) is 33.7 Å². The third-order valence-corrected chi connectivity index (χ3v) is 5.73. The number of pyridine rings is 2. The second-order valence-electron chi connectivity index (χ2n) is 7.34. The summed E-state index contributed by atoms with van der Waals surface area (Å²) in [6.07, 6.45) is 1.89. The molecule has 0 aliphatic rings. The third-order valence-electron chi connectivity index (χ3n) is 5.73. The number of hydrogen-bond donors (Lipinski definition) is 0. The minimum absolute atomic E-state index is 0.717. The zero-order valence-corrected chi connectivity index (χ0v) is 15.0. The summed E-state index contributed by atoms with van der Waals surface area (Å²) in [6, 6.07) is 19.2. The molecule has 6 rings (SSSR count). The molecule has 0 saturated heterocycles. The Morgan fingerprint density at radius 2 is 1.81 bits per heavy atom. The molecule has 3 heteroatoms. The van der Waals surface area contributed by atoms with Crippen molar-refractivity contribution in [3.63, 3.8) is 0 Å². The smallest absolute Gasteiger partial charge is 0.0998 e. The zero-order valence-electron chi connectivity index (χ0n) is 15.0. The predicted molar refractivity (Wildman–Crippen MR) is 111 cm³/mol. The van der Waals surface area contributed by atoms with Crippen molar-refractivity contribution < 1.29 is 0 Å². The van der Waals surface area contributed by atoms with Crippen LogP contribution in [0.25, 0.3) is 49.0 Å². The fourth-order valence-corrected chi connectivity index (χ4v) is 4.78. The number of fused-ring (bicyclic) bond motifs is 6. The van der Waals surface area contributed by atoms with E-state index < -0.39 is 0 Å². The number of rotatable bonds is 0. The van der Waals surface area contributed by atoms with E-state index in [9.17, 15) is 5.26 Å². The molecule has 0 fully saturated rings. The first-order valence-corrected chi connectivity index (χ1v) is 9.06. The SMILES string of the molecule is Cc1cc(C)c2c(c1)c1nccc3ccc4c5c(C#N)cccc5n2c4c31. The summed E-state index contributed by atoms with van der Waals surface area (Å²) < 4.78 is 2.34. The number of nitriles is 1. The molecule has 0 bridgehead atoms. The van der Waals surface area contributed by atoms with Gasteiger partial charge >= 0.3 is 0 Å². The molecular weight excluding hydrogens is 330 g/mol. The third kappa shape index (κ3) is 1.63. The van der Waals surface area contributed by atoms with Crippen LogP contribution in [0.2, 0.25) is 0 Å². The number of hydrogen-bond acceptors (Lipinski definition) is 2. The van der Waals surface area contributed by atoms with Gasteiger partial charge in [-0.15, -0.1) is 0 Å². The lowest BCUT2D eigenvalue weighted by atomic mass is 9.99. The van der Waals surface area contributed by atoms with E-state index in [2.05, 4.69) is 60.7 Å². The Bertz CT molecular complexity index is 1600. The molecule has 0 aliphatic carbocycles. The Balaban J connectivity index is 2.14. The molecule has 0 atom stereocenters. The summed E-state index contributed by atoms with van der Waals surface area (Å²) in [6.45, 7) is 4.29. The van der Waals surface area contributed by atoms with Gasteiger partial charge in [0.15, 0.2) is 0 Å². The van der Waals surface area contributed by atoms with Gasteiger partial charge in [0.25, 0.3) is 0 Å².